The van der Waals surface area contributed by atoms with Gasteiger partial charge in [-0.15, -0.1) is 0 Å². The maximum absolute atomic E-state index is 9.13. The number of hydrogen-bond acceptors (Lipinski definition) is 3. The monoisotopic (exact) mass is 327 g/mol. The predicted octanol–water partition coefficient (Wildman–Crippen LogP) is 3.96. The van der Waals surface area contributed by atoms with E-state index in [2.05, 4.69) is 37.3 Å². The molecule has 94 valence electrons. The standard InChI is InChI=1S/C11H11BrClN5/c12-8-2-3-10(13)9(6-8)11(7-14)16-4-1-5-17-18-15/h2-3,6,11,16H,1,4-5H2. The first-order valence-corrected chi connectivity index (χ1v) is 6.45. The number of nitrogens with one attached hydrogen (secondary N) is 1. The Morgan fingerprint density at radius 2 is 2.39 bits per heavy atom. The molecule has 0 aromatic heterocycles. The lowest BCUT2D eigenvalue weighted by molar-refractivity contribution is 0.607. The summed E-state index contributed by atoms with van der Waals surface area (Å²) < 4.78 is 0.873. The van der Waals surface area contributed by atoms with Gasteiger partial charge in [-0.3, -0.25) is 5.32 Å². The predicted molar refractivity (Wildman–Crippen MR) is 74.1 cm³/mol. The van der Waals surface area contributed by atoms with Crippen LogP contribution in [0.1, 0.15) is 18.0 Å². The van der Waals surface area contributed by atoms with Crippen LogP contribution in [0, 0.1) is 11.3 Å². The first kappa shape index (κ1) is 14.8. The van der Waals surface area contributed by atoms with E-state index in [0.717, 1.165) is 10.0 Å². The molecule has 0 spiro atoms. The topological polar surface area (TPSA) is 84.6 Å². The second-order valence-electron chi connectivity index (χ2n) is 3.49. The van der Waals surface area contributed by atoms with Gasteiger partial charge in [0.15, 0.2) is 0 Å². The Morgan fingerprint density at radius 3 is 3.06 bits per heavy atom. The van der Waals surface area contributed by atoms with Gasteiger partial charge in [-0.2, -0.15) is 5.26 Å². The highest BCUT2D eigenvalue weighted by atomic mass is 79.9. The average Bonchev–Trinajstić information content (AvgIpc) is 2.37. The highest BCUT2D eigenvalue weighted by molar-refractivity contribution is 9.10. The van der Waals surface area contributed by atoms with E-state index in [1.54, 1.807) is 6.07 Å². The quantitative estimate of drug-likeness (QED) is 0.371. The molecule has 0 aliphatic carbocycles. The fraction of sp³-hybridized carbons (Fsp3) is 0.364. The molecule has 0 fully saturated rings. The van der Waals surface area contributed by atoms with Crippen LogP contribution >= 0.6 is 27.5 Å². The van der Waals surface area contributed by atoms with Crippen molar-refractivity contribution in [2.45, 2.75) is 12.5 Å². The van der Waals surface area contributed by atoms with Crippen LogP contribution in [0.4, 0.5) is 0 Å². The van der Waals surface area contributed by atoms with E-state index in [1.807, 2.05) is 12.1 Å². The minimum Gasteiger partial charge on any atom is -0.298 e. The summed E-state index contributed by atoms with van der Waals surface area (Å²) in [5.74, 6) is 0. The zero-order valence-corrected chi connectivity index (χ0v) is 11.8. The molecule has 7 heteroatoms. The summed E-state index contributed by atoms with van der Waals surface area (Å²) in [5.41, 5.74) is 8.86. The van der Waals surface area contributed by atoms with Crippen molar-refractivity contribution in [2.75, 3.05) is 13.1 Å². The van der Waals surface area contributed by atoms with Gasteiger partial charge in [-0.25, -0.2) is 0 Å². The Kier molecular flexibility index (Phi) is 6.55. The minimum absolute atomic E-state index is 0.411. The first-order chi connectivity index (χ1) is 8.69. The van der Waals surface area contributed by atoms with Gasteiger partial charge in [0, 0.05) is 26.5 Å². The molecule has 18 heavy (non-hydrogen) atoms. The summed E-state index contributed by atoms with van der Waals surface area (Å²) in [6.45, 7) is 0.994. The molecule has 0 aliphatic rings. The lowest BCUT2D eigenvalue weighted by atomic mass is 10.1. The maximum atomic E-state index is 9.13. The van der Waals surface area contributed by atoms with Crippen molar-refractivity contribution >= 4 is 27.5 Å². The van der Waals surface area contributed by atoms with Crippen LogP contribution in [-0.2, 0) is 0 Å². The Morgan fingerprint density at radius 1 is 1.61 bits per heavy atom. The van der Waals surface area contributed by atoms with Gasteiger partial charge in [-0.1, -0.05) is 32.6 Å². The zero-order chi connectivity index (χ0) is 13.4. The van der Waals surface area contributed by atoms with Crippen LogP contribution in [0.2, 0.25) is 5.02 Å². The number of nitriles is 1. The largest absolute Gasteiger partial charge is 0.298 e. The van der Waals surface area contributed by atoms with Crippen LogP contribution in [0.25, 0.3) is 10.4 Å². The van der Waals surface area contributed by atoms with E-state index in [9.17, 15) is 0 Å². The van der Waals surface area contributed by atoms with Gasteiger partial charge in [0.1, 0.15) is 6.04 Å². The molecule has 5 nitrogen and oxygen atoms in total. The van der Waals surface area contributed by atoms with Crippen molar-refractivity contribution in [3.63, 3.8) is 0 Å². The zero-order valence-electron chi connectivity index (χ0n) is 9.48. The van der Waals surface area contributed by atoms with Crippen LogP contribution < -0.4 is 5.32 Å². The van der Waals surface area contributed by atoms with Crippen LogP contribution in [0.5, 0.6) is 0 Å². The molecule has 1 rings (SSSR count). The summed E-state index contributed by atoms with van der Waals surface area (Å²) in [5, 5.41) is 16.2. The molecule has 0 saturated heterocycles. The van der Waals surface area contributed by atoms with Gasteiger partial charge in [0.2, 0.25) is 0 Å². The fourth-order valence-corrected chi connectivity index (χ4v) is 2.01. The Bertz CT molecular complexity index is 493. The maximum Gasteiger partial charge on any atom is 0.122 e. The molecule has 0 saturated carbocycles. The molecule has 0 bridgehead atoms. The average molecular weight is 329 g/mol. The minimum atomic E-state index is -0.471. The number of hydrogen-bond donors (Lipinski definition) is 1. The molecule has 1 N–H and O–H groups in total. The molecule has 0 heterocycles. The first-order valence-electron chi connectivity index (χ1n) is 5.28. The number of rotatable bonds is 6. The molecular formula is C11H11BrClN5. The third-order valence-corrected chi connectivity index (χ3v) is 3.08. The molecule has 0 amide bonds. The molecular weight excluding hydrogens is 318 g/mol. The molecule has 1 aromatic carbocycles. The highest BCUT2D eigenvalue weighted by Crippen LogP contribution is 2.26. The molecule has 1 unspecified atom stereocenters. The van der Waals surface area contributed by atoms with Gasteiger partial charge in [-0.05, 0) is 36.7 Å². The van der Waals surface area contributed by atoms with Gasteiger partial charge >= 0.3 is 0 Å². The van der Waals surface area contributed by atoms with E-state index >= 15 is 0 Å². The fourth-order valence-electron chi connectivity index (χ4n) is 1.40. The van der Waals surface area contributed by atoms with E-state index < -0.39 is 6.04 Å². The van der Waals surface area contributed by atoms with Crippen molar-refractivity contribution in [1.82, 2.24) is 5.32 Å². The van der Waals surface area contributed by atoms with Crippen molar-refractivity contribution in [1.29, 1.82) is 5.26 Å². The third-order valence-electron chi connectivity index (χ3n) is 2.24. The van der Waals surface area contributed by atoms with Gasteiger partial charge in [0.25, 0.3) is 0 Å². The van der Waals surface area contributed by atoms with Crippen molar-refractivity contribution < 1.29 is 0 Å². The summed E-state index contributed by atoms with van der Waals surface area (Å²) >= 11 is 9.40. The van der Waals surface area contributed by atoms with Gasteiger partial charge < -0.3 is 0 Å². The number of halogens is 2. The SMILES string of the molecule is N#CC(NCCCN=[N+]=[N-])c1cc(Br)ccc1Cl. The molecule has 1 atom stereocenters. The van der Waals surface area contributed by atoms with Crippen molar-refractivity contribution in [2.24, 2.45) is 5.11 Å². The lowest BCUT2D eigenvalue weighted by Gasteiger charge is -2.13. The lowest BCUT2D eigenvalue weighted by Crippen LogP contribution is -2.22. The number of benzene rings is 1. The van der Waals surface area contributed by atoms with Gasteiger partial charge in [0.05, 0.1) is 6.07 Å². The number of nitrogens with zero attached hydrogens (tertiary/aromatic N) is 4. The Labute approximate surface area is 119 Å². The Balaban J connectivity index is 2.63. The molecule has 0 aliphatic heterocycles. The molecule has 0 radical (unpaired) electrons. The van der Waals surface area contributed by atoms with Crippen LogP contribution in [0.3, 0.4) is 0 Å². The Hall–Kier alpha value is -1.25. The number of azide groups is 1. The van der Waals surface area contributed by atoms with E-state index in [0.29, 0.717) is 24.5 Å². The second-order valence-corrected chi connectivity index (χ2v) is 4.81. The summed E-state index contributed by atoms with van der Waals surface area (Å²) in [6.07, 6.45) is 0.674. The van der Waals surface area contributed by atoms with E-state index in [4.69, 9.17) is 22.4 Å². The summed E-state index contributed by atoms with van der Waals surface area (Å²) in [4.78, 5) is 2.66. The van der Waals surface area contributed by atoms with Crippen molar-refractivity contribution in [3.05, 3.63) is 43.7 Å². The third kappa shape index (κ3) is 4.55. The highest BCUT2D eigenvalue weighted by Gasteiger charge is 2.13. The smallest absolute Gasteiger partial charge is 0.122 e. The summed E-state index contributed by atoms with van der Waals surface area (Å²) in [6, 6.07) is 7.07. The van der Waals surface area contributed by atoms with Crippen molar-refractivity contribution in [3.8, 4) is 6.07 Å². The van der Waals surface area contributed by atoms with Crippen LogP contribution in [-0.4, -0.2) is 13.1 Å². The van der Waals surface area contributed by atoms with Crippen LogP contribution in [0.15, 0.2) is 27.8 Å². The van der Waals surface area contributed by atoms with E-state index in [-0.39, 0.29) is 0 Å². The van der Waals surface area contributed by atoms with E-state index in [1.165, 1.54) is 0 Å². The molecule has 1 aromatic rings. The summed E-state index contributed by atoms with van der Waals surface area (Å²) in [7, 11) is 0. The normalized spacial score (nSPS) is 11.4. The second kappa shape index (κ2) is 7.96.